The molecule has 0 aliphatic rings. The lowest BCUT2D eigenvalue weighted by Gasteiger charge is -2.36. The van der Waals surface area contributed by atoms with Gasteiger partial charge in [0.2, 0.25) is 0 Å². The molecule has 0 atom stereocenters. The van der Waals surface area contributed by atoms with E-state index in [1.807, 2.05) is 12.1 Å². The van der Waals surface area contributed by atoms with Crippen molar-refractivity contribution in [1.82, 2.24) is 0 Å². The van der Waals surface area contributed by atoms with E-state index in [1.54, 1.807) is 26.4 Å². The first-order valence-corrected chi connectivity index (χ1v) is 10.6. The third-order valence-electron chi connectivity index (χ3n) is 4.60. The Hall–Kier alpha value is -1.88. The van der Waals surface area contributed by atoms with Crippen molar-refractivity contribution in [2.45, 2.75) is 38.9 Å². The van der Waals surface area contributed by atoms with Crippen molar-refractivity contribution in [3.63, 3.8) is 0 Å². The van der Waals surface area contributed by atoms with Crippen molar-refractivity contribution in [3.8, 4) is 23.0 Å². The van der Waals surface area contributed by atoms with Gasteiger partial charge in [-0.3, -0.25) is 0 Å². The maximum Gasteiger partial charge on any atom is 0.250 e. The first-order chi connectivity index (χ1) is 10.6. The van der Waals surface area contributed by atoms with E-state index in [-0.39, 0.29) is 10.8 Å². The van der Waals surface area contributed by atoms with E-state index < -0.39 is 8.32 Å². The standard InChI is InChI=1S/C18H26O4Si/c1-18(2,3)23(6,7)22-14-8-9-15(20-4)17-13(14)10-12(19)11-16(17)21-5/h8-11,19H,1-7H3. The molecule has 2 rings (SSSR count). The molecule has 0 aliphatic heterocycles. The fraction of sp³-hybridized carbons (Fsp3) is 0.444. The number of aromatic hydroxyl groups is 1. The van der Waals surface area contributed by atoms with Gasteiger partial charge in [0, 0.05) is 11.5 Å². The number of fused-ring (bicyclic) bond motifs is 1. The van der Waals surface area contributed by atoms with Gasteiger partial charge >= 0.3 is 0 Å². The smallest absolute Gasteiger partial charge is 0.250 e. The molecule has 0 bridgehead atoms. The summed E-state index contributed by atoms with van der Waals surface area (Å²) < 4.78 is 17.3. The molecule has 0 heterocycles. The summed E-state index contributed by atoms with van der Waals surface area (Å²) in [6, 6.07) is 7.06. The Morgan fingerprint density at radius 3 is 2.00 bits per heavy atom. The number of hydrogen-bond acceptors (Lipinski definition) is 4. The third-order valence-corrected chi connectivity index (χ3v) is 8.94. The van der Waals surface area contributed by atoms with Crippen LogP contribution in [0.2, 0.25) is 18.1 Å². The number of ether oxygens (including phenoxy) is 2. The van der Waals surface area contributed by atoms with E-state index in [4.69, 9.17) is 13.9 Å². The maximum atomic E-state index is 10.0. The largest absolute Gasteiger partial charge is 0.543 e. The van der Waals surface area contributed by atoms with Gasteiger partial charge in [0.05, 0.1) is 19.6 Å². The van der Waals surface area contributed by atoms with Crippen LogP contribution >= 0.6 is 0 Å². The molecular formula is C18H26O4Si. The summed E-state index contributed by atoms with van der Waals surface area (Å²) in [5, 5.41) is 11.7. The molecule has 23 heavy (non-hydrogen) atoms. The van der Waals surface area contributed by atoms with Crippen molar-refractivity contribution >= 4 is 19.1 Å². The molecule has 0 saturated carbocycles. The summed E-state index contributed by atoms with van der Waals surface area (Å²) in [7, 11) is 1.20. The van der Waals surface area contributed by atoms with Crippen molar-refractivity contribution < 1.29 is 19.0 Å². The van der Waals surface area contributed by atoms with E-state index in [0.29, 0.717) is 11.5 Å². The van der Waals surface area contributed by atoms with Crippen LogP contribution in [0.15, 0.2) is 24.3 Å². The SMILES string of the molecule is COc1ccc(O[Si](C)(C)C(C)(C)C)c2cc(O)cc(OC)c12. The summed E-state index contributed by atoms with van der Waals surface area (Å²) in [5.41, 5.74) is 0. The van der Waals surface area contributed by atoms with Gasteiger partial charge in [-0.2, -0.15) is 0 Å². The Balaban J connectivity index is 2.69. The molecule has 0 radical (unpaired) electrons. The average Bonchev–Trinajstić information content (AvgIpc) is 2.45. The van der Waals surface area contributed by atoms with Gasteiger partial charge in [0.25, 0.3) is 8.32 Å². The molecule has 2 aromatic carbocycles. The predicted molar refractivity (Wildman–Crippen MR) is 96.5 cm³/mol. The normalized spacial score (nSPS) is 12.3. The molecule has 126 valence electrons. The minimum absolute atomic E-state index is 0.0835. The van der Waals surface area contributed by atoms with Crippen molar-refractivity contribution in [2.75, 3.05) is 14.2 Å². The third kappa shape index (κ3) is 3.24. The van der Waals surface area contributed by atoms with Crippen molar-refractivity contribution in [3.05, 3.63) is 24.3 Å². The second-order valence-corrected chi connectivity index (χ2v) is 11.9. The number of hydrogen-bond donors (Lipinski definition) is 1. The van der Waals surface area contributed by atoms with Crippen LogP contribution in [0.25, 0.3) is 10.8 Å². The second-order valence-electron chi connectivity index (χ2n) is 7.20. The molecule has 0 amide bonds. The molecule has 2 aromatic rings. The zero-order chi connectivity index (χ0) is 17.4. The molecule has 0 spiro atoms. The van der Waals surface area contributed by atoms with E-state index in [2.05, 4.69) is 33.9 Å². The van der Waals surface area contributed by atoms with E-state index in [9.17, 15) is 5.11 Å². The predicted octanol–water partition coefficient (Wildman–Crippen LogP) is 4.95. The van der Waals surface area contributed by atoms with E-state index >= 15 is 0 Å². The van der Waals surface area contributed by atoms with Gasteiger partial charge < -0.3 is 19.0 Å². The molecule has 0 aliphatic carbocycles. The molecule has 1 N–H and O–H groups in total. The Kier molecular flexibility index (Phi) is 4.53. The first kappa shape index (κ1) is 17.5. The Labute approximate surface area is 139 Å². The van der Waals surface area contributed by atoms with Gasteiger partial charge in [0.15, 0.2) is 0 Å². The molecule has 0 unspecified atom stereocenters. The summed E-state index contributed by atoms with van der Waals surface area (Å²) >= 11 is 0. The summed E-state index contributed by atoms with van der Waals surface area (Å²) in [6.45, 7) is 11.0. The quantitative estimate of drug-likeness (QED) is 0.804. The van der Waals surface area contributed by atoms with Crippen LogP contribution in [-0.2, 0) is 0 Å². The molecule has 5 heteroatoms. The van der Waals surface area contributed by atoms with Crippen LogP contribution in [0, 0.1) is 0 Å². The van der Waals surface area contributed by atoms with Crippen LogP contribution in [0.1, 0.15) is 20.8 Å². The summed E-state index contributed by atoms with van der Waals surface area (Å²) in [5.74, 6) is 2.15. The van der Waals surface area contributed by atoms with E-state index in [1.165, 1.54) is 0 Å². The first-order valence-electron chi connectivity index (χ1n) is 7.67. The Bertz CT molecular complexity index is 717. The monoisotopic (exact) mass is 334 g/mol. The van der Waals surface area contributed by atoms with Gasteiger partial charge in [-0.1, -0.05) is 20.8 Å². The highest BCUT2D eigenvalue weighted by molar-refractivity contribution is 6.74. The number of phenolic OH excluding ortho intramolecular Hbond substituents is 1. The summed E-state index contributed by atoms with van der Waals surface area (Å²) in [4.78, 5) is 0. The minimum atomic E-state index is -2.00. The maximum absolute atomic E-state index is 10.0. The van der Waals surface area contributed by atoms with Gasteiger partial charge in [-0.15, -0.1) is 0 Å². The van der Waals surface area contributed by atoms with Crippen LogP contribution in [0.4, 0.5) is 0 Å². The van der Waals surface area contributed by atoms with E-state index in [0.717, 1.165) is 16.5 Å². The second kappa shape index (κ2) is 5.96. The lowest BCUT2D eigenvalue weighted by Crippen LogP contribution is -2.43. The fourth-order valence-corrected chi connectivity index (χ4v) is 3.26. The average molecular weight is 334 g/mol. The zero-order valence-electron chi connectivity index (χ0n) is 15.0. The number of phenols is 1. The highest BCUT2D eigenvalue weighted by Gasteiger charge is 2.39. The Morgan fingerprint density at radius 1 is 0.913 bits per heavy atom. The highest BCUT2D eigenvalue weighted by atomic mass is 28.4. The minimum Gasteiger partial charge on any atom is -0.543 e. The van der Waals surface area contributed by atoms with Crippen LogP contribution in [0.5, 0.6) is 23.0 Å². The van der Waals surface area contributed by atoms with Crippen molar-refractivity contribution in [2.24, 2.45) is 0 Å². The van der Waals surface area contributed by atoms with Crippen LogP contribution in [-0.4, -0.2) is 27.6 Å². The summed E-state index contributed by atoms with van der Waals surface area (Å²) in [6.07, 6.45) is 0. The molecule has 0 fully saturated rings. The van der Waals surface area contributed by atoms with Crippen LogP contribution < -0.4 is 13.9 Å². The molecular weight excluding hydrogens is 308 g/mol. The zero-order valence-corrected chi connectivity index (χ0v) is 16.0. The topological polar surface area (TPSA) is 47.9 Å². The van der Waals surface area contributed by atoms with Crippen molar-refractivity contribution in [1.29, 1.82) is 0 Å². The molecule has 0 aromatic heterocycles. The Morgan fingerprint density at radius 2 is 1.48 bits per heavy atom. The number of methoxy groups -OCH3 is 2. The highest BCUT2D eigenvalue weighted by Crippen LogP contribution is 2.44. The lowest BCUT2D eigenvalue weighted by molar-refractivity contribution is 0.400. The van der Waals surface area contributed by atoms with Gasteiger partial charge in [0.1, 0.15) is 23.0 Å². The van der Waals surface area contributed by atoms with Crippen LogP contribution in [0.3, 0.4) is 0 Å². The number of benzene rings is 2. The molecule has 0 saturated heterocycles. The van der Waals surface area contributed by atoms with Gasteiger partial charge in [-0.25, -0.2) is 0 Å². The fourth-order valence-electron chi connectivity index (χ4n) is 2.22. The number of rotatable bonds is 4. The van der Waals surface area contributed by atoms with Gasteiger partial charge in [-0.05, 0) is 36.3 Å². The molecule has 4 nitrogen and oxygen atoms in total. The lowest BCUT2D eigenvalue weighted by atomic mass is 10.1.